The average molecular weight is 153 g/mol. The molecule has 0 aromatic heterocycles. The zero-order chi connectivity index (χ0) is 8.85. The first-order chi connectivity index (χ1) is 5.07. The van der Waals surface area contributed by atoms with Crippen LogP contribution in [0.3, 0.4) is 0 Å². The maximum Gasteiger partial charge on any atom is 0.0310 e. The minimum Gasteiger partial charge on any atom is -0.293 e. The van der Waals surface area contributed by atoms with Gasteiger partial charge in [-0.1, -0.05) is 26.8 Å². The highest BCUT2D eigenvalue weighted by molar-refractivity contribution is 5.92. The largest absolute Gasteiger partial charge is 0.293 e. The van der Waals surface area contributed by atoms with Gasteiger partial charge in [-0.2, -0.15) is 0 Å². The summed E-state index contributed by atoms with van der Waals surface area (Å²) >= 11 is 0. The van der Waals surface area contributed by atoms with E-state index in [-0.39, 0.29) is 0 Å². The van der Waals surface area contributed by atoms with Gasteiger partial charge in [0.05, 0.1) is 0 Å². The molecular formula is C10H19N. The first-order valence-electron chi connectivity index (χ1n) is 4.19. The third-order valence-corrected chi connectivity index (χ3v) is 2.05. The van der Waals surface area contributed by atoms with Gasteiger partial charge in [-0.25, -0.2) is 0 Å². The molecule has 1 atom stereocenters. The molecule has 0 aromatic rings. The van der Waals surface area contributed by atoms with Crippen molar-refractivity contribution in [1.29, 1.82) is 0 Å². The second-order valence-electron chi connectivity index (χ2n) is 3.33. The van der Waals surface area contributed by atoms with Gasteiger partial charge in [0.2, 0.25) is 0 Å². The molecule has 0 aliphatic carbocycles. The monoisotopic (exact) mass is 153 g/mol. The van der Waals surface area contributed by atoms with Crippen molar-refractivity contribution in [3.8, 4) is 0 Å². The zero-order valence-electron chi connectivity index (χ0n) is 8.26. The number of allylic oxidation sites excluding steroid dienone is 2. The summed E-state index contributed by atoms with van der Waals surface area (Å²) in [6, 6.07) is 0. The fourth-order valence-corrected chi connectivity index (χ4v) is 0.588. The van der Waals surface area contributed by atoms with Crippen LogP contribution in [0.25, 0.3) is 0 Å². The molecule has 0 aromatic carbocycles. The van der Waals surface area contributed by atoms with Gasteiger partial charge in [-0.15, -0.1) is 0 Å². The maximum absolute atomic E-state index is 4.05. The zero-order valence-corrected chi connectivity index (χ0v) is 8.26. The maximum atomic E-state index is 4.05. The lowest BCUT2D eigenvalue weighted by molar-refractivity contribution is 0.504. The van der Waals surface area contributed by atoms with Crippen LogP contribution in [0.4, 0.5) is 0 Å². The van der Waals surface area contributed by atoms with Crippen molar-refractivity contribution < 1.29 is 0 Å². The molecule has 1 unspecified atom stereocenters. The van der Waals surface area contributed by atoms with Crippen LogP contribution in [-0.2, 0) is 0 Å². The third kappa shape index (κ3) is 4.77. The molecule has 0 bridgehead atoms. The van der Waals surface area contributed by atoms with Crippen molar-refractivity contribution >= 4 is 5.71 Å². The van der Waals surface area contributed by atoms with E-state index in [4.69, 9.17) is 0 Å². The number of rotatable bonds is 3. The van der Waals surface area contributed by atoms with E-state index < -0.39 is 0 Å². The Kier molecular flexibility index (Phi) is 4.84. The van der Waals surface area contributed by atoms with Crippen molar-refractivity contribution in [2.45, 2.75) is 27.7 Å². The Morgan fingerprint density at radius 2 is 1.82 bits per heavy atom. The van der Waals surface area contributed by atoms with E-state index in [0.29, 0.717) is 5.92 Å². The summed E-state index contributed by atoms with van der Waals surface area (Å²) in [7, 11) is 1.82. The second-order valence-corrected chi connectivity index (χ2v) is 3.33. The molecule has 11 heavy (non-hydrogen) atoms. The third-order valence-electron chi connectivity index (χ3n) is 2.05. The van der Waals surface area contributed by atoms with E-state index in [9.17, 15) is 0 Å². The SMILES string of the molecule is CN=C(C)/C=C\C(C)C(C)C. The van der Waals surface area contributed by atoms with Crippen molar-refractivity contribution in [2.24, 2.45) is 16.8 Å². The van der Waals surface area contributed by atoms with Crippen LogP contribution in [0, 0.1) is 11.8 Å². The molecule has 0 amide bonds. The smallest absolute Gasteiger partial charge is 0.0310 e. The summed E-state index contributed by atoms with van der Waals surface area (Å²) in [5, 5.41) is 0. The number of hydrogen-bond donors (Lipinski definition) is 0. The highest BCUT2D eigenvalue weighted by atomic mass is 14.7. The Morgan fingerprint density at radius 1 is 1.27 bits per heavy atom. The van der Waals surface area contributed by atoms with Gasteiger partial charge in [0.25, 0.3) is 0 Å². The highest BCUT2D eigenvalue weighted by Crippen LogP contribution is 2.10. The van der Waals surface area contributed by atoms with Gasteiger partial charge < -0.3 is 0 Å². The first kappa shape index (κ1) is 10.4. The Morgan fingerprint density at radius 3 is 2.18 bits per heavy atom. The summed E-state index contributed by atoms with van der Waals surface area (Å²) in [6.07, 6.45) is 4.30. The molecule has 0 heterocycles. The lowest BCUT2D eigenvalue weighted by atomic mass is 9.97. The Labute approximate surface area is 70.2 Å². The number of aliphatic imine (C=N–C) groups is 1. The van der Waals surface area contributed by atoms with Crippen molar-refractivity contribution in [1.82, 2.24) is 0 Å². The molecule has 0 radical (unpaired) electrons. The summed E-state index contributed by atoms with van der Waals surface area (Å²) in [5.74, 6) is 1.36. The molecule has 0 saturated heterocycles. The molecule has 0 rings (SSSR count). The summed E-state index contributed by atoms with van der Waals surface area (Å²) < 4.78 is 0. The number of hydrogen-bond acceptors (Lipinski definition) is 1. The van der Waals surface area contributed by atoms with Crippen LogP contribution in [-0.4, -0.2) is 12.8 Å². The molecule has 0 aliphatic rings. The Bertz CT molecular complexity index is 154. The van der Waals surface area contributed by atoms with Gasteiger partial charge in [-0.05, 0) is 24.8 Å². The summed E-state index contributed by atoms with van der Waals surface area (Å²) in [4.78, 5) is 4.05. The standard InChI is InChI=1S/C10H19N/c1-8(2)9(3)6-7-10(4)11-5/h6-9H,1-5H3/b7-6-,11-10?. The van der Waals surface area contributed by atoms with Crippen LogP contribution >= 0.6 is 0 Å². The predicted molar refractivity (Wildman–Crippen MR) is 52.2 cm³/mol. The van der Waals surface area contributed by atoms with Crippen LogP contribution in [0.5, 0.6) is 0 Å². The minimum absolute atomic E-state index is 0.645. The molecular weight excluding hydrogens is 134 g/mol. The lowest BCUT2D eigenvalue weighted by Crippen LogP contribution is -2.00. The molecule has 1 nitrogen and oxygen atoms in total. The highest BCUT2D eigenvalue weighted by Gasteiger charge is 2.00. The van der Waals surface area contributed by atoms with E-state index in [1.54, 1.807) is 0 Å². The fourth-order valence-electron chi connectivity index (χ4n) is 0.588. The van der Waals surface area contributed by atoms with E-state index in [1.165, 1.54) is 0 Å². The molecule has 1 heteroatoms. The number of nitrogens with zero attached hydrogens (tertiary/aromatic N) is 1. The molecule has 64 valence electrons. The topological polar surface area (TPSA) is 12.4 Å². The molecule has 0 aliphatic heterocycles. The molecule has 0 N–H and O–H groups in total. The van der Waals surface area contributed by atoms with Gasteiger partial charge in [0, 0.05) is 12.8 Å². The van der Waals surface area contributed by atoms with Crippen molar-refractivity contribution in [2.75, 3.05) is 7.05 Å². The van der Waals surface area contributed by atoms with Gasteiger partial charge in [0.15, 0.2) is 0 Å². The lowest BCUT2D eigenvalue weighted by Gasteiger charge is -2.09. The van der Waals surface area contributed by atoms with Crippen molar-refractivity contribution in [3.05, 3.63) is 12.2 Å². The van der Waals surface area contributed by atoms with Crippen LogP contribution in [0.15, 0.2) is 17.1 Å². The van der Waals surface area contributed by atoms with Crippen LogP contribution in [0.2, 0.25) is 0 Å². The van der Waals surface area contributed by atoms with Crippen molar-refractivity contribution in [3.63, 3.8) is 0 Å². The van der Waals surface area contributed by atoms with E-state index in [1.807, 2.05) is 14.0 Å². The fraction of sp³-hybridized carbons (Fsp3) is 0.700. The van der Waals surface area contributed by atoms with Gasteiger partial charge in [-0.3, -0.25) is 4.99 Å². The van der Waals surface area contributed by atoms with E-state index in [0.717, 1.165) is 11.6 Å². The normalized spacial score (nSPS) is 16.4. The summed E-state index contributed by atoms with van der Waals surface area (Å²) in [5.41, 5.74) is 1.09. The molecule has 0 spiro atoms. The predicted octanol–water partition coefficient (Wildman–Crippen LogP) is 2.93. The second kappa shape index (κ2) is 5.11. The van der Waals surface area contributed by atoms with Crippen LogP contribution < -0.4 is 0 Å². The quantitative estimate of drug-likeness (QED) is 0.553. The van der Waals surface area contributed by atoms with Gasteiger partial charge in [0.1, 0.15) is 0 Å². The molecule has 0 saturated carbocycles. The Hall–Kier alpha value is -0.590. The minimum atomic E-state index is 0.645. The van der Waals surface area contributed by atoms with Crippen LogP contribution in [0.1, 0.15) is 27.7 Å². The average Bonchev–Trinajstić information content (AvgIpc) is 1.99. The summed E-state index contributed by atoms with van der Waals surface area (Å²) in [6.45, 7) is 8.70. The van der Waals surface area contributed by atoms with E-state index >= 15 is 0 Å². The molecule has 0 fully saturated rings. The van der Waals surface area contributed by atoms with Gasteiger partial charge >= 0.3 is 0 Å². The first-order valence-corrected chi connectivity index (χ1v) is 4.19. The Balaban J connectivity index is 3.93. The van der Waals surface area contributed by atoms with E-state index in [2.05, 4.69) is 37.9 Å².